The molecule has 1 aliphatic rings. The maximum atomic E-state index is 12.2. The summed E-state index contributed by atoms with van der Waals surface area (Å²) in [7, 11) is 0. The van der Waals surface area contributed by atoms with Gasteiger partial charge >= 0.3 is 17.9 Å². The Kier molecular flexibility index (Phi) is 4.49. The van der Waals surface area contributed by atoms with E-state index in [1.54, 1.807) is 0 Å². The molecule has 1 aromatic rings. The standard InChI is InChI=1S/C14H11N3O7/c1-7-6-11(12(17(22)23)13(18)15-7)24-14(19)9-4-3-5-10(8(9)2)16(20)21/h3-6,12H,1-2H3. The van der Waals surface area contributed by atoms with Crippen LogP contribution >= 0.6 is 0 Å². The number of hydrogen-bond donors (Lipinski definition) is 0. The van der Waals surface area contributed by atoms with Gasteiger partial charge in [0.15, 0.2) is 5.76 Å². The molecule has 1 aromatic carbocycles. The molecule has 2 rings (SSSR count). The summed E-state index contributed by atoms with van der Waals surface area (Å²) in [5.41, 5.74) is -0.212. The van der Waals surface area contributed by atoms with Crippen molar-refractivity contribution in [2.24, 2.45) is 4.99 Å². The van der Waals surface area contributed by atoms with Crippen molar-refractivity contribution < 1.29 is 24.2 Å². The Bertz CT molecular complexity index is 826. The van der Waals surface area contributed by atoms with Gasteiger partial charge in [-0.15, -0.1) is 0 Å². The van der Waals surface area contributed by atoms with Crippen LogP contribution in [0.2, 0.25) is 0 Å². The van der Waals surface area contributed by atoms with Crippen LogP contribution < -0.4 is 0 Å². The number of carbonyl (C=O) groups excluding carboxylic acids is 2. The van der Waals surface area contributed by atoms with Gasteiger partial charge in [0.2, 0.25) is 0 Å². The SMILES string of the molecule is CC1=NC(=O)C([N+](=O)[O-])C(OC(=O)c2cccc([N+](=O)[O-])c2C)=C1. The second-order valence-electron chi connectivity index (χ2n) is 4.92. The number of nitro groups is 2. The summed E-state index contributed by atoms with van der Waals surface area (Å²) in [5.74, 6) is -2.57. The largest absolute Gasteiger partial charge is 0.419 e. The van der Waals surface area contributed by atoms with Crippen LogP contribution in [0.15, 0.2) is 35.0 Å². The summed E-state index contributed by atoms with van der Waals surface area (Å²) in [6.45, 7) is 2.77. The lowest BCUT2D eigenvalue weighted by Crippen LogP contribution is -2.35. The highest BCUT2D eigenvalue weighted by Gasteiger charge is 2.40. The topological polar surface area (TPSA) is 142 Å². The predicted octanol–water partition coefficient (Wildman–Crippen LogP) is 1.59. The van der Waals surface area contributed by atoms with Crippen LogP contribution in [-0.4, -0.2) is 33.5 Å². The van der Waals surface area contributed by atoms with E-state index in [2.05, 4.69) is 4.99 Å². The molecule has 0 aromatic heterocycles. The summed E-state index contributed by atoms with van der Waals surface area (Å²) in [4.78, 5) is 47.6. The smallest absolute Gasteiger partial charge is 0.348 e. The van der Waals surface area contributed by atoms with Crippen molar-refractivity contribution in [1.82, 2.24) is 0 Å². The molecule has 24 heavy (non-hydrogen) atoms. The van der Waals surface area contributed by atoms with E-state index in [4.69, 9.17) is 4.74 Å². The first-order valence-corrected chi connectivity index (χ1v) is 6.62. The Labute approximate surface area is 134 Å². The highest BCUT2D eigenvalue weighted by molar-refractivity contribution is 6.07. The molecule has 1 aliphatic heterocycles. The van der Waals surface area contributed by atoms with E-state index >= 15 is 0 Å². The monoisotopic (exact) mass is 333 g/mol. The number of nitro benzene ring substituents is 1. The Balaban J connectivity index is 2.37. The third-order valence-electron chi connectivity index (χ3n) is 3.28. The average molecular weight is 333 g/mol. The highest BCUT2D eigenvalue weighted by atomic mass is 16.6. The lowest BCUT2D eigenvalue weighted by molar-refractivity contribution is -0.501. The van der Waals surface area contributed by atoms with E-state index in [-0.39, 0.29) is 22.5 Å². The van der Waals surface area contributed by atoms with Crippen molar-refractivity contribution in [3.8, 4) is 0 Å². The molecular formula is C14H11N3O7. The summed E-state index contributed by atoms with van der Waals surface area (Å²) in [5, 5.41) is 21.9. The number of dihydropyridines is 1. The van der Waals surface area contributed by atoms with Crippen LogP contribution in [0, 0.1) is 27.2 Å². The van der Waals surface area contributed by atoms with E-state index in [1.165, 1.54) is 32.0 Å². The number of ether oxygens (including phenoxy) is 1. The minimum absolute atomic E-state index is 0.0540. The lowest BCUT2D eigenvalue weighted by atomic mass is 10.1. The van der Waals surface area contributed by atoms with E-state index < -0.39 is 33.5 Å². The normalized spacial score (nSPS) is 16.9. The number of hydrogen-bond acceptors (Lipinski definition) is 7. The number of amides is 1. The molecule has 0 radical (unpaired) electrons. The Morgan fingerprint density at radius 3 is 2.50 bits per heavy atom. The van der Waals surface area contributed by atoms with Gasteiger partial charge in [-0.3, -0.25) is 25.0 Å². The molecule has 1 heterocycles. The molecule has 0 spiro atoms. The van der Waals surface area contributed by atoms with E-state index in [1.807, 2.05) is 0 Å². The second kappa shape index (κ2) is 6.36. The Morgan fingerprint density at radius 2 is 1.92 bits per heavy atom. The average Bonchev–Trinajstić information content (AvgIpc) is 2.45. The van der Waals surface area contributed by atoms with Crippen molar-refractivity contribution >= 4 is 23.3 Å². The predicted molar refractivity (Wildman–Crippen MR) is 80.2 cm³/mol. The highest BCUT2D eigenvalue weighted by Crippen LogP contribution is 2.24. The minimum atomic E-state index is -1.92. The van der Waals surface area contributed by atoms with Crippen LogP contribution in [0.1, 0.15) is 22.8 Å². The van der Waals surface area contributed by atoms with Crippen LogP contribution in [-0.2, 0) is 9.53 Å². The number of nitrogens with zero attached hydrogens (tertiary/aromatic N) is 3. The van der Waals surface area contributed by atoms with Gasteiger partial charge in [0, 0.05) is 28.3 Å². The van der Waals surface area contributed by atoms with Crippen LogP contribution in [0.3, 0.4) is 0 Å². The maximum Gasteiger partial charge on any atom is 0.348 e. The summed E-state index contributed by atoms with van der Waals surface area (Å²) in [6.07, 6.45) is 1.11. The first-order valence-electron chi connectivity index (χ1n) is 6.62. The molecule has 0 saturated heterocycles. The minimum Gasteiger partial charge on any atom is -0.419 e. The summed E-state index contributed by atoms with van der Waals surface area (Å²) in [6, 6.07) is 1.88. The molecular weight excluding hydrogens is 322 g/mol. The number of benzene rings is 1. The number of esters is 1. The van der Waals surface area contributed by atoms with Gasteiger partial charge in [0.25, 0.3) is 5.69 Å². The summed E-state index contributed by atoms with van der Waals surface area (Å²) < 4.78 is 4.96. The fraction of sp³-hybridized carbons (Fsp3) is 0.214. The van der Waals surface area contributed by atoms with Gasteiger partial charge in [-0.2, -0.15) is 0 Å². The molecule has 0 fully saturated rings. The Morgan fingerprint density at radius 1 is 1.25 bits per heavy atom. The summed E-state index contributed by atoms with van der Waals surface area (Å²) >= 11 is 0. The van der Waals surface area contributed by atoms with Crippen molar-refractivity contribution in [3.05, 3.63) is 61.4 Å². The third kappa shape index (κ3) is 3.16. The van der Waals surface area contributed by atoms with Crippen molar-refractivity contribution in [3.63, 3.8) is 0 Å². The van der Waals surface area contributed by atoms with E-state index in [9.17, 15) is 29.8 Å². The van der Waals surface area contributed by atoms with Crippen molar-refractivity contribution in [2.45, 2.75) is 19.9 Å². The van der Waals surface area contributed by atoms with Gasteiger partial charge in [0.1, 0.15) is 0 Å². The second-order valence-corrected chi connectivity index (χ2v) is 4.92. The molecule has 1 unspecified atom stereocenters. The first-order chi connectivity index (χ1) is 11.2. The first kappa shape index (κ1) is 16.9. The zero-order valence-electron chi connectivity index (χ0n) is 12.6. The van der Waals surface area contributed by atoms with Gasteiger partial charge in [-0.05, 0) is 19.9 Å². The van der Waals surface area contributed by atoms with Gasteiger partial charge in [0.05, 0.1) is 10.5 Å². The fourth-order valence-corrected chi connectivity index (χ4v) is 2.16. The zero-order valence-corrected chi connectivity index (χ0v) is 12.6. The van der Waals surface area contributed by atoms with Crippen molar-refractivity contribution in [1.29, 1.82) is 0 Å². The molecule has 10 nitrogen and oxygen atoms in total. The quantitative estimate of drug-likeness (QED) is 0.462. The van der Waals surface area contributed by atoms with Gasteiger partial charge < -0.3 is 4.74 Å². The number of allylic oxidation sites excluding steroid dienone is 1. The molecule has 0 N–H and O–H groups in total. The van der Waals surface area contributed by atoms with Gasteiger partial charge in [-0.1, -0.05) is 6.07 Å². The van der Waals surface area contributed by atoms with Crippen molar-refractivity contribution in [2.75, 3.05) is 0 Å². The van der Waals surface area contributed by atoms with Crippen LogP contribution in [0.4, 0.5) is 5.69 Å². The molecule has 1 amide bonds. The molecule has 124 valence electrons. The maximum absolute atomic E-state index is 12.2. The molecule has 1 atom stereocenters. The number of aliphatic imine (C=N–C) groups is 1. The molecule has 0 aliphatic carbocycles. The fourth-order valence-electron chi connectivity index (χ4n) is 2.16. The molecule has 0 saturated carbocycles. The van der Waals surface area contributed by atoms with Gasteiger partial charge in [-0.25, -0.2) is 9.79 Å². The molecule has 0 bridgehead atoms. The van der Waals surface area contributed by atoms with E-state index in [0.717, 1.165) is 6.08 Å². The van der Waals surface area contributed by atoms with Crippen LogP contribution in [0.5, 0.6) is 0 Å². The number of carbonyl (C=O) groups is 2. The number of rotatable bonds is 4. The van der Waals surface area contributed by atoms with Crippen LogP contribution in [0.25, 0.3) is 0 Å². The zero-order chi connectivity index (χ0) is 18.0. The third-order valence-corrected chi connectivity index (χ3v) is 3.28. The Hall–Kier alpha value is -3.43. The van der Waals surface area contributed by atoms with E-state index in [0.29, 0.717) is 0 Å². The molecule has 10 heteroatoms. The lowest BCUT2D eigenvalue weighted by Gasteiger charge is -2.15.